The number of rotatable bonds is 2. The van der Waals surface area contributed by atoms with Crippen molar-refractivity contribution in [2.75, 3.05) is 13.1 Å². The third kappa shape index (κ3) is 1.75. The lowest BCUT2D eigenvalue weighted by Gasteiger charge is -2.06. The van der Waals surface area contributed by atoms with Crippen molar-refractivity contribution in [3.05, 3.63) is 29.6 Å². The number of aldehydes is 1. The first-order valence-corrected chi connectivity index (χ1v) is 4.52. The van der Waals surface area contributed by atoms with Crippen LogP contribution in [0.25, 0.3) is 0 Å². The average molecular weight is 176 g/mol. The maximum atomic E-state index is 10.4. The summed E-state index contributed by atoms with van der Waals surface area (Å²) in [5.74, 6) is 0.528. The maximum absolute atomic E-state index is 10.4. The van der Waals surface area contributed by atoms with E-state index in [1.165, 1.54) is 0 Å². The van der Waals surface area contributed by atoms with Crippen LogP contribution in [0.4, 0.5) is 0 Å². The van der Waals surface area contributed by atoms with Crippen LogP contribution in [-0.2, 0) is 0 Å². The summed E-state index contributed by atoms with van der Waals surface area (Å²) in [7, 11) is 0. The van der Waals surface area contributed by atoms with Crippen molar-refractivity contribution in [3.8, 4) is 0 Å². The van der Waals surface area contributed by atoms with E-state index in [-0.39, 0.29) is 0 Å². The normalized spacial score (nSPS) is 21.7. The van der Waals surface area contributed by atoms with Crippen molar-refractivity contribution in [2.24, 2.45) is 0 Å². The lowest BCUT2D eigenvalue weighted by atomic mass is 10.0. The lowest BCUT2D eigenvalue weighted by molar-refractivity contribution is 0.112. The molecule has 3 heteroatoms. The van der Waals surface area contributed by atoms with E-state index in [1.54, 1.807) is 6.20 Å². The Labute approximate surface area is 77.2 Å². The molecule has 0 amide bonds. The first-order chi connectivity index (χ1) is 6.40. The van der Waals surface area contributed by atoms with E-state index in [4.69, 9.17) is 0 Å². The number of hydrogen-bond donors (Lipinski definition) is 1. The smallest absolute Gasteiger partial charge is 0.151 e. The molecule has 1 atom stereocenters. The summed E-state index contributed by atoms with van der Waals surface area (Å²) in [5, 5.41) is 3.29. The third-order valence-corrected chi connectivity index (χ3v) is 2.42. The fourth-order valence-corrected chi connectivity index (χ4v) is 1.64. The highest BCUT2D eigenvalue weighted by atomic mass is 16.1. The summed E-state index contributed by atoms with van der Waals surface area (Å²) in [6, 6.07) is 3.77. The van der Waals surface area contributed by atoms with Gasteiger partial charge < -0.3 is 5.32 Å². The van der Waals surface area contributed by atoms with E-state index in [0.29, 0.717) is 11.5 Å². The van der Waals surface area contributed by atoms with Crippen molar-refractivity contribution in [3.63, 3.8) is 0 Å². The summed E-state index contributed by atoms with van der Waals surface area (Å²) in [6.07, 6.45) is 3.61. The first-order valence-electron chi connectivity index (χ1n) is 4.52. The summed E-state index contributed by atoms with van der Waals surface area (Å²) in [4.78, 5) is 14.6. The number of carbonyl (C=O) groups excluding carboxylic acids is 1. The second-order valence-electron chi connectivity index (χ2n) is 3.32. The van der Waals surface area contributed by atoms with Gasteiger partial charge in [-0.25, -0.2) is 0 Å². The van der Waals surface area contributed by atoms with Crippen LogP contribution in [0.3, 0.4) is 0 Å². The van der Waals surface area contributed by atoms with E-state index in [9.17, 15) is 4.79 Å². The Morgan fingerprint density at radius 1 is 1.54 bits per heavy atom. The molecule has 0 spiro atoms. The Balaban J connectivity index is 2.16. The summed E-state index contributed by atoms with van der Waals surface area (Å²) in [6.45, 7) is 2.08. The Morgan fingerprint density at radius 2 is 2.46 bits per heavy atom. The monoisotopic (exact) mass is 176 g/mol. The standard InChI is InChI=1S/C10H12N2O/c13-7-8-1-2-10(12-5-8)9-3-4-11-6-9/h1-2,5,7,9,11H,3-4,6H2. The van der Waals surface area contributed by atoms with E-state index >= 15 is 0 Å². The van der Waals surface area contributed by atoms with Gasteiger partial charge in [-0.15, -0.1) is 0 Å². The van der Waals surface area contributed by atoms with Crippen LogP contribution in [0.1, 0.15) is 28.4 Å². The number of hydrogen-bond acceptors (Lipinski definition) is 3. The molecular weight excluding hydrogens is 164 g/mol. The highest BCUT2D eigenvalue weighted by Gasteiger charge is 2.17. The molecule has 2 rings (SSSR count). The second kappa shape index (κ2) is 3.66. The summed E-state index contributed by atoms with van der Waals surface area (Å²) in [5.41, 5.74) is 1.74. The lowest BCUT2D eigenvalue weighted by Crippen LogP contribution is -2.08. The van der Waals surface area contributed by atoms with Gasteiger partial charge in [0.05, 0.1) is 0 Å². The van der Waals surface area contributed by atoms with Gasteiger partial charge in [0.15, 0.2) is 6.29 Å². The Kier molecular flexibility index (Phi) is 2.36. The number of nitrogens with zero attached hydrogens (tertiary/aromatic N) is 1. The van der Waals surface area contributed by atoms with Crippen LogP contribution >= 0.6 is 0 Å². The molecule has 1 aromatic rings. The molecule has 1 aromatic heterocycles. The molecule has 1 unspecified atom stereocenters. The number of nitrogens with one attached hydrogen (secondary N) is 1. The zero-order chi connectivity index (χ0) is 9.10. The van der Waals surface area contributed by atoms with Crippen molar-refractivity contribution < 1.29 is 4.79 Å². The van der Waals surface area contributed by atoms with Gasteiger partial charge >= 0.3 is 0 Å². The molecule has 1 aliphatic heterocycles. The summed E-state index contributed by atoms with van der Waals surface area (Å²) < 4.78 is 0. The number of aromatic nitrogens is 1. The minimum atomic E-state index is 0.528. The second-order valence-corrected chi connectivity index (χ2v) is 3.32. The highest BCUT2D eigenvalue weighted by Crippen LogP contribution is 2.19. The molecule has 1 aliphatic rings. The van der Waals surface area contributed by atoms with E-state index < -0.39 is 0 Å². The highest BCUT2D eigenvalue weighted by molar-refractivity contribution is 5.73. The van der Waals surface area contributed by atoms with Crippen LogP contribution < -0.4 is 5.32 Å². The molecule has 0 aliphatic carbocycles. The number of pyridine rings is 1. The van der Waals surface area contributed by atoms with Gasteiger partial charge in [0.2, 0.25) is 0 Å². The fraction of sp³-hybridized carbons (Fsp3) is 0.400. The SMILES string of the molecule is O=Cc1ccc(C2CCNC2)nc1. The molecular formula is C10H12N2O. The Bertz CT molecular complexity index is 288. The van der Waals surface area contributed by atoms with Crippen LogP contribution in [0, 0.1) is 0 Å². The zero-order valence-corrected chi connectivity index (χ0v) is 7.36. The van der Waals surface area contributed by atoms with Gasteiger partial charge in [0.25, 0.3) is 0 Å². The number of carbonyl (C=O) groups is 1. The van der Waals surface area contributed by atoms with E-state index in [1.807, 2.05) is 12.1 Å². The topological polar surface area (TPSA) is 42.0 Å². The Hall–Kier alpha value is -1.22. The minimum Gasteiger partial charge on any atom is -0.316 e. The molecule has 0 aromatic carbocycles. The molecule has 68 valence electrons. The van der Waals surface area contributed by atoms with Crippen LogP contribution in [0.5, 0.6) is 0 Å². The molecule has 1 N–H and O–H groups in total. The van der Waals surface area contributed by atoms with Crippen LogP contribution in [-0.4, -0.2) is 24.4 Å². The van der Waals surface area contributed by atoms with Crippen molar-refractivity contribution in [1.82, 2.24) is 10.3 Å². The molecule has 1 fully saturated rings. The van der Waals surface area contributed by atoms with E-state index in [0.717, 1.165) is 31.5 Å². The third-order valence-electron chi connectivity index (χ3n) is 2.42. The van der Waals surface area contributed by atoms with E-state index in [2.05, 4.69) is 10.3 Å². The Morgan fingerprint density at radius 3 is 3.00 bits per heavy atom. The van der Waals surface area contributed by atoms with Gasteiger partial charge in [-0.1, -0.05) is 0 Å². The zero-order valence-electron chi connectivity index (χ0n) is 7.36. The van der Waals surface area contributed by atoms with Crippen LogP contribution in [0.15, 0.2) is 18.3 Å². The molecule has 3 nitrogen and oxygen atoms in total. The van der Waals surface area contributed by atoms with Gasteiger partial charge in [-0.3, -0.25) is 9.78 Å². The van der Waals surface area contributed by atoms with Crippen molar-refractivity contribution in [2.45, 2.75) is 12.3 Å². The van der Waals surface area contributed by atoms with Crippen LogP contribution in [0.2, 0.25) is 0 Å². The maximum Gasteiger partial charge on any atom is 0.151 e. The molecule has 2 heterocycles. The van der Waals surface area contributed by atoms with Crippen molar-refractivity contribution in [1.29, 1.82) is 0 Å². The average Bonchev–Trinajstić information content (AvgIpc) is 2.71. The predicted octanol–water partition coefficient (Wildman–Crippen LogP) is 0.971. The van der Waals surface area contributed by atoms with Crippen molar-refractivity contribution >= 4 is 6.29 Å². The molecule has 0 bridgehead atoms. The van der Waals surface area contributed by atoms with Gasteiger partial charge in [-0.2, -0.15) is 0 Å². The van der Waals surface area contributed by atoms with Gasteiger partial charge in [0, 0.05) is 29.9 Å². The van der Waals surface area contributed by atoms with Gasteiger partial charge in [0.1, 0.15) is 0 Å². The summed E-state index contributed by atoms with van der Waals surface area (Å²) >= 11 is 0. The first kappa shape index (κ1) is 8.38. The molecule has 13 heavy (non-hydrogen) atoms. The molecule has 1 saturated heterocycles. The predicted molar refractivity (Wildman–Crippen MR) is 49.9 cm³/mol. The minimum absolute atomic E-state index is 0.528. The largest absolute Gasteiger partial charge is 0.316 e. The molecule has 0 radical (unpaired) electrons. The fourth-order valence-electron chi connectivity index (χ4n) is 1.64. The quantitative estimate of drug-likeness (QED) is 0.683. The van der Waals surface area contributed by atoms with Gasteiger partial charge in [-0.05, 0) is 25.1 Å². The molecule has 0 saturated carbocycles.